The lowest BCUT2D eigenvalue weighted by Crippen LogP contribution is -2.28. The summed E-state index contributed by atoms with van der Waals surface area (Å²) in [4.78, 5) is 0. The highest BCUT2D eigenvalue weighted by Crippen LogP contribution is 2.25. The van der Waals surface area contributed by atoms with Crippen LogP contribution >= 0.6 is 35.4 Å². The summed E-state index contributed by atoms with van der Waals surface area (Å²) in [5.41, 5.74) is 4.88. The molecule has 0 fully saturated rings. The Hall–Kier alpha value is -2.09. The molecule has 2 heterocycles. The van der Waals surface area contributed by atoms with Crippen molar-refractivity contribution < 1.29 is 0 Å². The number of hydrogen-bond donors (Lipinski definition) is 2. The van der Waals surface area contributed by atoms with Crippen molar-refractivity contribution in [3.05, 3.63) is 63.2 Å². The van der Waals surface area contributed by atoms with Crippen LogP contribution in [0.2, 0.25) is 10.0 Å². The summed E-state index contributed by atoms with van der Waals surface area (Å²) in [5.74, 6) is 0. The van der Waals surface area contributed by atoms with E-state index >= 15 is 0 Å². The second-order valence-electron chi connectivity index (χ2n) is 6.46. The maximum Gasteiger partial charge on any atom is 0.171 e. The van der Waals surface area contributed by atoms with Crippen molar-refractivity contribution in [2.45, 2.75) is 40.4 Å². The first-order valence-electron chi connectivity index (χ1n) is 8.91. The van der Waals surface area contributed by atoms with Crippen LogP contribution in [0.3, 0.4) is 0 Å². The number of aromatic nitrogens is 4. The average molecular weight is 437 g/mol. The smallest absolute Gasteiger partial charge is 0.171 e. The molecule has 0 aliphatic heterocycles. The molecular formula is C19H22Cl2N6S. The lowest BCUT2D eigenvalue weighted by Gasteiger charge is -2.11. The van der Waals surface area contributed by atoms with E-state index < -0.39 is 0 Å². The molecule has 6 nitrogen and oxygen atoms in total. The highest BCUT2D eigenvalue weighted by atomic mass is 35.5. The van der Waals surface area contributed by atoms with E-state index in [-0.39, 0.29) is 0 Å². The van der Waals surface area contributed by atoms with Gasteiger partial charge in [-0.15, -0.1) is 0 Å². The molecule has 2 N–H and O–H groups in total. The molecule has 1 aromatic carbocycles. The molecule has 0 bridgehead atoms. The minimum atomic E-state index is 0.538. The van der Waals surface area contributed by atoms with E-state index in [0.717, 1.165) is 34.7 Å². The molecule has 0 saturated carbocycles. The average Bonchev–Trinajstić information content (AvgIpc) is 3.23. The largest absolute Gasteiger partial charge is 0.358 e. The van der Waals surface area contributed by atoms with Crippen molar-refractivity contribution in [3.8, 4) is 0 Å². The van der Waals surface area contributed by atoms with Crippen LogP contribution in [0.15, 0.2) is 30.6 Å². The summed E-state index contributed by atoms with van der Waals surface area (Å²) >= 11 is 17.6. The second-order valence-corrected chi connectivity index (χ2v) is 7.69. The van der Waals surface area contributed by atoms with Crippen LogP contribution in [0.4, 0.5) is 5.69 Å². The van der Waals surface area contributed by atoms with Gasteiger partial charge in [-0.05, 0) is 50.7 Å². The summed E-state index contributed by atoms with van der Waals surface area (Å²) < 4.78 is 3.81. The zero-order valence-electron chi connectivity index (χ0n) is 16.0. The molecule has 0 unspecified atom stereocenters. The third kappa shape index (κ3) is 4.84. The van der Waals surface area contributed by atoms with Crippen LogP contribution in [0, 0.1) is 13.8 Å². The van der Waals surface area contributed by atoms with E-state index in [0.29, 0.717) is 28.2 Å². The Balaban J connectivity index is 1.65. The fraction of sp³-hybridized carbons (Fsp3) is 0.316. The summed E-state index contributed by atoms with van der Waals surface area (Å²) in [6.45, 7) is 8.07. The Morgan fingerprint density at radius 3 is 2.64 bits per heavy atom. The highest BCUT2D eigenvalue weighted by Gasteiger charge is 2.13. The van der Waals surface area contributed by atoms with Crippen molar-refractivity contribution in [3.63, 3.8) is 0 Å². The standard InChI is InChI=1S/C19H22Cl2N6S/c1-4-26-10-15(9-23-26)8-22-19(28)24-18-12(2)25-27(13(18)3)11-14-5-6-16(20)17(21)7-14/h5-7,9-10H,4,8,11H2,1-3H3,(H2,22,24,28). The van der Waals surface area contributed by atoms with Crippen LogP contribution in [-0.2, 0) is 19.6 Å². The van der Waals surface area contributed by atoms with Crippen LogP contribution in [0.5, 0.6) is 0 Å². The van der Waals surface area contributed by atoms with E-state index in [1.807, 2.05) is 47.7 Å². The molecule has 28 heavy (non-hydrogen) atoms. The van der Waals surface area contributed by atoms with E-state index in [1.54, 1.807) is 6.07 Å². The Bertz CT molecular complexity index is 994. The molecule has 3 rings (SSSR count). The number of benzene rings is 1. The van der Waals surface area contributed by atoms with E-state index in [1.165, 1.54) is 0 Å². The maximum atomic E-state index is 6.12. The van der Waals surface area contributed by atoms with Gasteiger partial charge in [-0.2, -0.15) is 10.2 Å². The van der Waals surface area contributed by atoms with Gasteiger partial charge in [0.2, 0.25) is 0 Å². The van der Waals surface area contributed by atoms with Crippen LogP contribution in [0.25, 0.3) is 0 Å². The molecule has 0 radical (unpaired) electrons. The molecule has 0 spiro atoms. The Morgan fingerprint density at radius 1 is 1.18 bits per heavy atom. The predicted octanol–water partition coefficient (Wildman–Crippen LogP) is 4.56. The summed E-state index contributed by atoms with van der Waals surface area (Å²) in [5, 5.41) is 17.0. The Kier molecular flexibility index (Phi) is 6.59. The van der Waals surface area contributed by atoms with E-state index in [9.17, 15) is 0 Å². The lowest BCUT2D eigenvalue weighted by atomic mass is 10.2. The number of hydrogen-bond acceptors (Lipinski definition) is 3. The van der Waals surface area contributed by atoms with Gasteiger partial charge in [-0.3, -0.25) is 9.36 Å². The van der Waals surface area contributed by atoms with E-state index in [2.05, 4.69) is 27.8 Å². The van der Waals surface area contributed by atoms with Crippen molar-refractivity contribution in [1.82, 2.24) is 24.9 Å². The van der Waals surface area contributed by atoms with Crippen molar-refractivity contribution in [2.75, 3.05) is 5.32 Å². The van der Waals surface area contributed by atoms with Gasteiger partial charge in [0.1, 0.15) is 0 Å². The van der Waals surface area contributed by atoms with E-state index in [4.69, 9.17) is 35.4 Å². The van der Waals surface area contributed by atoms with Gasteiger partial charge < -0.3 is 10.6 Å². The second kappa shape index (κ2) is 8.94. The zero-order chi connectivity index (χ0) is 20.3. The Labute approximate surface area is 179 Å². The Morgan fingerprint density at radius 2 is 1.96 bits per heavy atom. The number of nitrogens with zero attached hydrogens (tertiary/aromatic N) is 4. The molecule has 0 aliphatic carbocycles. The predicted molar refractivity (Wildman–Crippen MR) is 118 cm³/mol. The zero-order valence-corrected chi connectivity index (χ0v) is 18.3. The molecule has 148 valence electrons. The number of halogens is 2. The van der Waals surface area contributed by atoms with Crippen LogP contribution < -0.4 is 10.6 Å². The van der Waals surface area contributed by atoms with Crippen molar-refractivity contribution in [2.24, 2.45) is 0 Å². The summed E-state index contributed by atoms with van der Waals surface area (Å²) in [6.07, 6.45) is 3.84. The first kappa shape index (κ1) is 20.6. The van der Waals surface area contributed by atoms with Gasteiger partial charge in [0.25, 0.3) is 0 Å². The molecule has 9 heteroatoms. The van der Waals surface area contributed by atoms with Gasteiger partial charge in [-0.25, -0.2) is 0 Å². The normalized spacial score (nSPS) is 10.9. The molecule has 0 aliphatic rings. The molecule has 0 saturated heterocycles. The number of anilines is 1. The monoisotopic (exact) mass is 436 g/mol. The summed E-state index contributed by atoms with van der Waals surface area (Å²) in [7, 11) is 0. The SMILES string of the molecule is CCn1cc(CNC(=S)Nc2c(C)nn(Cc3ccc(Cl)c(Cl)c3)c2C)cn1. The van der Waals surface area contributed by atoms with Gasteiger partial charge in [0.05, 0.1) is 39.9 Å². The van der Waals surface area contributed by atoms with Crippen LogP contribution in [-0.4, -0.2) is 24.7 Å². The number of aryl methyl sites for hydroxylation is 2. The minimum Gasteiger partial charge on any atom is -0.358 e. The first-order valence-corrected chi connectivity index (χ1v) is 10.1. The van der Waals surface area contributed by atoms with Crippen molar-refractivity contribution >= 4 is 46.2 Å². The third-order valence-electron chi connectivity index (χ3n) is 4.40. The topological polar surface area (TPSA) is 59.7 Å². The quantitative estimate of drug-likeness (QED) is 0.554. The number of rotatable bonds is 6. The minimum absolute atomic E-state index is 0.538. The van der Waals surface area contributed by atoms with Gasteiger partial charge >= 0.3 is 0 Å². The lowest BCUT2D eigenvalue weighted by molar-refractivity contribution is 0.659. The van der Waals surface area contributed by atoms with Gasteiger partial charge in [0, 0.05) is 24.8 Å². The van der Waals surface area contributed by atoms with Crippen LogP contribution in [0.1, 0.15) is 29.4 Å². The fourth-order valence-corrected chi connectivity index (χ4v) is 3.35. The first-order chi connectivity index (χ1) is 13.4. The molecule has 0 atom stereocenters. The van der Waals surface area contributed by atoms with Crippen molar-refractivity contribution in [1.29, 1.82) is 0 Å². The van der Waals surface area contributed by atoms with Gasteiger partial charge in [0.15, 0.2) is 5.11 Å². The maximum absolute atomic E-state index is 6.12. The number of thiocarbonyl (C=S) groups is 1. The summed E-state index contributed by atoms with van der Waals surface area (Å²) in [6, 6.07) is 5.60. The fourth-order valence-electron chi connectivity index (χ4n) is 2.85. The molecule has 0 amide bonds. The number of nitrogens with one attached hydrogen (secondary N) is 2. The molecular weight excluding hydrogens is 415 g/mol. The highest BCUT2D eigenvalue weighted by molar-refractivity contribution is 7.80. The van der Waals surface area contributed by atoms with Gasteiger partial charge in [-0.1, -0.05) is 29.3 Å². The third-order valence-corrected chi connectivity index (χ3v) is 5.39. The molecule has 2 aromatic heterocycles. The molecule has 3 aromatic rings.